The van der Waals surface area contributed by atoms with Crippen LogP contribution in [0.4, 0.5) is 0 Å². The average Bonchev–Trinajstić information content (AvgIpc) is 3.15. The predicted molar refractivity (Wildman–Crippen MR) is 102 cm³/mol. The number of hydrogen-bond acceptors (Lipinski definition) is 4. The lowest BCUT2D eigenvalue weighted by atomic mass is 10.1. The molecule has 0 atom stereocenters. The summed E-state index contributed by atoms with van der Waals surface area (Å²) in [7, 11) is 0. The molecule has 124 valence electrons. The van der Waals surface area contributed by atoms with Crippen LogP contribution in [-0.2, 0) is 0 Å². The molecule has 5 rings (SSSR count). The molecule has 0 saturated heterocycles. The Kier molecular flexibility index (Phi) is 3.18. The first-order chi connectivity index (χ1) is 12.8. The van der Waals surface area contributed by atoms with Gasteiger partial charge in [-0.15, -0.1) is 0 Å². The van der Waals surface area contributed by atoms with Crippen LogP contribution in [0, 0.1) is 0 Å². The number of nitrogens with zero attached hydrogens (tertiary/aromatic N) is 3. The smallest absolute Gasteiger partial charge is 0.178 e. The maximum atomic E-state index is 9.42. The molecule has 0 aliphatic heterocycles. The summed E-state index contributed by atoms with van der Waals surface area (Å²) in [4.78, 5) is 16.8. The molecule has 0 unspecified atom stereocenters. The van der Waals surface area contributed by atoms with E-state index < -0.39 is 0 Å². The summed E-state index contributed by atoms with van der Waals surface area (Å²) >= 11 is 0. The molecule has 5 nitrogen and oxygen atoms in total. The van der Waals surface area contributed by atoms with Crippen LogP contribution in [0.15, 0.2) is 73.2 Å². The molecule has 2 aromatic carbocycles. The predicted octanol–water partition coefficient (Wildman–Crippen LogP) is 4.55. The molecule has 0 bridgehead atoms. The first-order valence-electron chi connectivity index (χ1n) is 8.26. The molecule has 0 spiro atoms. The van der Waals surface area contributed by atoms with Crippen LogP contribution in [0.1, 0.15) is 0 Å². The Morgan fingerprint density at radius 2 is 1.62 bits per heavy atom. The number of H-pyrrole nitrogens is 1. The number of phenolic OH excluding ortho intramolecular Hbond substituents is 1. The molecule has 0 amide bonds. The fraction of sp³-hybridized carbons (Fsp3) is 0. The SMILES string of the molecule is Oc1ccc(-c2cnc3cc(-c4ccc5[nH]ccc5c4)cnc3n2)cc1. The monoisotopic (exact) mass is 338 g/mol. The van der Waals surface area contributed by atoms with Crippen LogP contribution in [0.3, 0.4) is 0 Å². The van der Waals surface area contributed by atoms with Gasteiger partial charge in [-0.25, -0.2) is 9.97 Å². The zero-order chi connectivity index (χ0) is 17.5. The summed E-state index contributed by atoms with van der Waals surface area (Å²) in [6.45, 7) is 0. The van der Waals surface area contributed by atoms with Gasteiger partial charge in [0.15, 0.2) is 5.65 Å². The Bertz CT molecular complexity index is 1240. The Hall–Kier alpha value is -3.73. The molecule has 5 heteroatoms. The third-order valence-electron chi connectivity index (χ3n) is 4.45. The van der Waals surface area contributed by atoms with E-state index in [4.69, 9.17) is 0 Å². The highest BCUT2D eigenvalue weighted by Crippen LogP contribution is 2.26. The van der Waals surface area contributed by atoms with Crippen LogP contribution in [-0.4, -0.2) is 25.0 Å². The lowest BCUT2D eigenvalue weighted by Crippen LogP contribution is -1.92. The molecule has 0 aliphatic rings. The standard InChI is InChI=1S/C21H14N4O/c26-17-4-1-13(2-5-17)20-12-23-19-10-16(11-24-21(19)25-20)14-3-6-18-15(9-14)7-8-22-18/h1-12,22,26H. The van der Waals surface area contributed by atoms with Crippen molar-refractivity contribution in [3.05, 3.63) is 73.2 Å². The van der Waals surface area contributed by atoms with Crippen molar-refractivity contribution in [2.75, 3.05) is 0 Å². The van der Waals surface area contributed by atoms with Gasteiger partial charge < -0.3 is 10.1 Å². The third-order valence-corrected chi connectivity index (χ3v) is 4.45. The molecule has 5 aromatic rings. The van der Waals surface area contributed by atoms with Gasteiger partial charge in [0.05, 0.1) is 11.9 Å². The van der Waals surface area contributed by atoms with Gasteiger partial charge in [-0.2, -0.15) is 0 Å². The molecular weight excluding hydrogens is 324 g/mol. The van der Waals surface area contributed by atoms with E-state index in [0.717, 1.165) is 38.8 Å². The molecule has 0 aliphatic carbocycles. The molecule has 0 radical (unpaired) electrons. The number of rotatable bonds is 2. The van der Waals surface area contributed by atoms with E-state index in [1.807, 2.05) is 30.6 Å². The molecule has 0 fully saturated rings. The van der Waals surface area contributed by atoms with Crippen molar-refractivity contribution >= 4 is 22.1 Å². The van der Waals surface area contributed by atoms with Crippen molar-refractivity contribution in [1.82, 2.24) is 19.9 Å². The third kappa shape index (κ3) is 2.46. The second-order valence-corrected chi connectivity index (χ2v) is 6.15. The fourth-order valence-electron chi connectivity index (χ4n) is 3.06. The largest absolute Gasteiger partial charge is 0.508 e. The summed E-state index contributed by atoms with van der Waals surface area (Å²) < 4.78 is 0. The highest BCUT2D eigenvalue weighted by molar-refractivity contribution is 5.86. The Morgan fingerprint density at radius 1 is 0.769 bits per heavy atom. The first kappa shape index (κ1) is 14.6. The van der Waals surface area contributed by atoms with Gasteiger partial charge in [-0.1, -0.05) is 6.07 Å². The maximum Gasteiger partial charge on any atom is 0.178 e. The molecule has 2 N–H and O–H groups in total. The summed E-state index contributed by atoms with van der Waals surface area (Å²) in [5.41, 5.74) is 6.18. The Morgan fingerprint density at radius 3 is 2.50 bits per heavy atom. The minimum atomic E-state index is 0.227. The van der Waals surface area contributed by atoms with Gasteiger partial charge in [0.2, 0.25) is 0 Å². The summed E-state index contributed by atoms with van der Waals surface area (Å²) in [6, 6.07) is 17.2. The lowest BCUT2D eigenvalue weighted by molar-refractivity contribution is 0.475. The quantitative estimate of drug-likeness (QED) is 0.495. The Balaban J connectivity index is 1.57. The van der Waals surface area contributed by atoms with Gasteiger partial charge in [-0.05, 0) is 59.5 Å². The number of aromatic amines is 1. The van der Waals surface area contributed by atoms with Crippen LogP contribution in [0.5, 0.6) is 5.75 Å². The topological polar surface area (TPSA) is 74.7 Å². The van der Waals surface area contributed by atoms with Crippen molar-refractivity contribution in [1.29, 1.82) is 0 Å². The summed E-state index contributed by atoms with van der Waals surface area (Å²) in [6.07, 6.45) is 5.49. The Labute approximate surface area is 149 Å². The van der Waals surface area contributed by atoms with E-state index >= 15 is 0 Å². The number of fused-ring (bicyclic) bond motifs is 2. The summed E-state index contributed by atoms with van der Waals surface area (Å²) in [5, 5.41) is 10.6. The highest BCUT2D eigenvalue weighted by atomic mass is 16.3. The van der Waals surface area contributed by atoms with Gasteiger partial charge in [0, 0.05) is 29.0 Å². The minimum absolute atomic E-state index is 0.227. The molecule has 3 aromatic heterocycles. The average molecular weight is 338 g/mol. The van der Waals surface area contributed by atoms with Crippen molar-refractivity contribution in [2.24, 2.45) is 0 Å². The van der Waals surface area contributed by atoms with Crippen LogP contribution >= 0.6 is 0 Å². The normalized spacial score (nSPS) is 11.2. The number of aromatic nitrogens is 4. The van der Waals surface area contributed by atoms with Gasteiger partial charge in [-0.3, -0.25) is 4.98 Å². The van der Waals surface area contributed by atoms with Crippen LogP contribution in [0.2, 0.25) is 0 Å². The van der Waals surface area contributed by atoms with E-state index in [9.17, 15) is 5.11 Å². The van der Waals surface area contributed by atoms with Crippen LogP contribution < -0.4 is 0 Å². The molecule has 3 heterocycles. The highest BCUT2D eigenvalue weighted by Gasteiger charge is 2.07. The van der Waals surface area contributed by atoms with E-state index in [1.165, 1.54) is 0 Å². The maximum absolute atomic E-state index is 9.42. The number of pyridine rings is 1. The molecule has 26 heavy (non-hydrogen) atoms. The number of hydrogen-bond donors (Lipinski definition) is 2. The summed E-state index contributed by atoms with van der Waals surface area (Å²) in [5.74, 6) is 0.227. The van der Waals surface area contributed by atoms with Crippen molar-refractivity contribution in [3.63, 3.8) is 0 Å². The number of benzene rings is 2. The second-order valence-electron chi connectivity index (χ2n) is 6.15. The van der Waals surface area contributed by atoms with E-state index in [2.05, 4.69) is 44.2 Å². The van der Waals surface area contributed by atoms with Crippen LogP contribution in [0.25, 0.3) is 44.5 Å². The zero-order valence-electron chi connectivity index (χ0n) is 13.7. The van der Waals surface area contributed by atoms with Crippen molar-refractivity contribution in [3.8, 4) is 28.1 Å². The van der Waals surface area contributed by atoms with Gasteiger partial charge in [0.1, 0.15) is 11.3 Å². The van der Waals surface area contributed by atoms with Crippen molar-refractivity contribution in [2.45, 2.75) is 0 Å². The van der Waals surface area contributed by atoms with Gasteiger partial charge >= 0.3 is 0 Å². The minimum Gasteiger partial charge on any atom is -0.508 e. The fourth-order valence-corrected chi connectivity index (χ4v) is 3.06. The zero-order valence-corrected chi connectivity index (χ0v) is 13.7. The van der Waals surface area contributed by atoms with E-state index in [0.29, 0.717) is 5.65 Å². The van der Waals surface area contributed by atoms with Crippen molar-refractivity contribution < 1.29 is 5.11 Å². The number of aromatic hydroxyl groups is 1. The number of phenols is 1. The first-order valence-corrected chi connectivity index (χ1v) is 8.26. The molecule has 0 saturated carbocycles. The second kappa shape index (κ2) is 5.67. The van der Waals surface area contributed by atoms with Gasteiger partial charge in [0.25, 0.3) is 0 Å². The number of nitrogens with one attached hydrogen (secondary N) is 1. The lowest BCUT2D eigenvalue weighted by Gasteiger charge is -2.05. The van der Waals surface area contributed by atoms with E-state index in [-0.39, 0.29) is 5.75 Å². The van der Waals surface area contributed by atoms with E-state index in [1.54, 1.807) is 18.3 Å². The molecular formula is C21H14N4O.